The van der Waals surface area contributed by atoms with E-state index in [0.717, 1.165) is 30.8 Å². The van der Waals surface area contributed by atoms with Crippen molar-refractivity contribution in [3.63, 3.8) is 0 Å². The molecule has 1 fully saturated rings. The first kappa shape index (κ1) is 14.7. The fourth-order valence-electron chi connectivity index (χ4n) is 2.96. The smallest absolute Gasteiger partial charge is 0.358 e. The second-order valence-corrected chi connectivity index (χ2v) is 5.68. The van der Waals surface area contributed by atoms with Crippen molar-refractivity contribution in [1.82, 2.24) is 19.9 Å². The van der Waals surface area contributed by atoms with Gasteiger partial charge in [-0.2, -0.15) is 0 Å². The lowest BCUT2D eigenvalue weighted by Gasteiger charge is -2.15. The number of aryl methyl sites for hydroxylation is 1. The highest BCUT2D eigenvalue weighted by molar-refractivity contribution is 5.93. The van der Waals surface area contributed by atoms with Crippen molar-refractivity contribution in [2.45, 2.75) is 26.3 Å². The largest absolute Gasteiger partial charge is 0.476 e. The van der Waals surface area contributed by atoms with Crippen LogP contribution in [0.25, 0.3) is 11.3 Å². The maximum absolute atomic E-state index is 11.5. The summed E-state index contributed by atoms with van der Waals surface area (Å²) in [6.07, 6.45) is 2.48. The molecule has 1 aliphatic rings. The molecule has 0 amide bonds. The van der Waals surface area contributed by atoms with Gasteiger partial charge in [-0.25, -0.2) is 9.48 Å². The molecule has 6 nitrogen and oxygen atoms in total. The Morgan fingerprint density at radius 2 is 1.95 bits per heavy atom. The summed E-state index contributed by atoms with van der Waals surface area (Å²) < 4.78 is 1.73. The minimum Gasteiger partial charge on any atom is -0.476 e. The van der Waals surface area contributed by atoms with Crippen LogP contribution in [0, 0.1) is 6.92 Å². The molecule has 0 spiro atoms. The predicted molar refractivity (Wildman–Crippen MR) is 82.8 cm³/mol. The zero-order valence-electron chi connectivity index (χ0n) is 12.7. The molecular formula is C16H20N4O2. The van der Waals surface area contributed by atoms with E-state index in [2.05, 4.69) is 15.2 Å². The van der Waals surface area contributed by atoms with Gasteiger partial charge in [0.15, 0.2) is 5.69 Å². The highest BCUT2D eigenvalue weighted by Crippen LogP contribution is 2.25. The van der Waals surface area contributed by atoms with Crippen LogP contribution < -0.4 is 0 Å². The predicted octanol–water partition coefficient (Wildman–Crippen LogP) is 2.05. The molecule has 0 saturated carbocycles. The number of hydrogen-bond acceptors (Lipinski definition) is 4. The van der Waals surface area contributed by atoms with Crippen LogP contribution in [0.5, 0.6) is 0 Å². The SMILES string of the molecule is Cc1ccccc1-c1c(C(=O)O)nnn1CCN1CCCC1. The number of benzene rings is 1. The van der Waals surface area contributed by atoms with E-state index in [1.165, 1.54) is 12.8 Å². The zero-order valence-corrected chi connectivity index (χ0v) is 12.7. The van der Waals surface area contributed by atoms with E-state index in [1.54, 1.807) is 4.68 Å². The van der Waals surface area contributed by atoms with Crippen LogP contribution in [0.3, 0.4) is 0 Å². The fourth-order valence-corrected chi connectivity index (χ4v) is 2.96. The summed E-state index contributed by atoms with van der Waals surface area (Å²) in [4.78, 5) is 13.8. The average molecular weight is 300 g/mol. The number of aromatic nitrogens is 3. The third-order valence-electron chi connectivity index (χ3n) is 4.16. The summed E-state index contributed by atoms with van der Waals surface area (Å²) in [5, 5.41) is 17.3. The number of aromatic carboxylic acids is 1. The molecule has 1 N–H and O–H groups in total. The summed E-state index contributed by atoms with van der Waals surface area (Å²) in [6.45, 7) is 5.73. The average Bonchev–Trinajstić information content (AvgIpc) is 3.15. The lowest BCUT2D eigenvalue weighted by Crippen LogP contribution is -2.25. The summed E-state index contributed by atoms with van der Waals surface area (Å²) in [5.41, 5.74) is 2.53. The third-order valence-corrected chi connectivity index (χ3v) is 4.16. The van der Waals surface area contributed by atoms with Crippen molar-refractivity contribution in [3.05, 3.63) is 35.5 Å². The zero-order chi connectivity index (χ0) is 15.5. The molecular weight excluding hydrogens is 280 g/mol. The number of nitrogens with zero attached hydrogens (tertiary/aromatic N) is 4. The number of carboxylic acids is 1. The highest BCUT2D eigenvalue weighted by Gasteiger charge is 2.22. The lowest BCUT2D eigenvalue weighted by atomic mass is 10.0. The van der Waals surface area contributed by atoms with Crippen LogP contribution in [-0.4, -0.2) is 50.6 Å². The maximum Gasteiger partial charge on any atom is 0.358 e. The van der Waals surface area contributed by atoms with Gasteiger partial charge in [0.2, 0.25) is 0 Å². The molecule has 2 aromatic rings. The highest BCUT2D eigenvalue weighted by atomic mass is 16.4. The minimum absolute atomic E-state index is 0.0238. The molecule has 6 heteroatoms. The van der Waals surface area contributed by atoms with Gasteiger partial charge in [0.25, 0.3) is 0 Å². The Balaban J connectivity index is 1.93. The number of carbonyl (C=O) groups is 1. The number of carboxylic acid groups (broad SMARTS) is 1. The summed E-state index contributed by atoms with van der Waals surface area (Å²) in [7, 11) is 0. The Morgan fingerprint density at radius 1 is 1.23 bits per heavy atom. The first-order valence-corrected chi connectivity index (χ1v) is 7.62. The van der Waals surface area contributed by atoms with E-state index in [9.17, 15) is 9.90 Å². The first-order valence-electron chi connectivity index (χ1n) is 7.62. The van der Waals surface area contributed by atoms with E-state index >= 15 is 0 Å². The van der Waals surface area contributed by atoms with Crippen molar-refractivity contribution in [3.8, 4) is 11.3 Å². The Hall–Kier alpha value is -2.21. The molecule has 1 aromatic heterocycles. The van der Waals surface area contributed by atoms with Gasteiger partial charge in [-0.05, 0) is 38.4 Å². The van der Waals surface area contributed by atoms with Crippen LogP contribution in [-0.2, 0) is 6.54 Å². The topological polar surface area (TPSA) is 71.2 Å². The van der Waals surface area contributed by atoms with E-state index in [1.807, 2.05) is 31.2 Å². The molecule has 0 unspecified atom stereocenters. The van der Waals surface area contributed by atoms with Crippen LogP contribution in [0.15, 0.2) is 24.3 Å². The first-order chi connectivity index (χ1) is 10.7. The monoisotopic (exact) mass is 300 g/mol. The molecule has 3 rings (SSSR count). The van der Waals surface area contributed by atoms with Crippen molar-refractivity contribution < 1.29 is 9.90 Å². The molecule has 2 heterocycles. The van der Waals surface area contributed by atoms with Crippen molar-refractivity contribution >= 4 is 5.97 Å². The molecule has 0 bridgehead atoms. The van der Waals surface area contributed by atoms with Gasteiger partial charge in [-0.1, -0.05) is 29.5 Å². The fraction of sp³-hybridized carbons (Fsp3) is 0.438. The van der Waals surface area contributed by atoms with Gasteiger partial charge in [0, 0.05) is 12.1 Å². The van der Waals surface area contributed by atoms with Crippen LogP contribution >= 0.6 is 0 Å². The molecule has 1 aromatic carbocycles. The molecule has 0 radical (unpaired) electrons. The Morgan fingerprint density at radius 3 is 2.64 bits per heavy atom. The van der Waals surface area contributed by atoms with Crippen LogP contribution in [0.4, 0.5) is 0 Å². The van der Waals surface area contributed by atoms with E-state index < -0.39 is 5.97 Å². The quantitative estimate of drug-likeness (QED) is 0.915. The molecule has 22 heavy (non-hydrogen) atoms. The van der Waals surface area contributed by atoms with Crippen molar-refractivity contribution in [1.29, 1.82) is 0 Å². The second kappa shape index (κ2) is 6.27. The van der Waals surface area contributed by atoms with Crippen LogP contribution in [0.1, 0.15) is 28.9 Å². The summed E-state index contributed by atoms with van der Waals surface area (Å²) in [6, 6.07) is 7.75. The lowest BCUT2D eigenvalue weighted by molar-refractivity contribution is 0.0691. The van der Waals surface area contributed by atoms with Gasteiger partial charge < -0.3 is 10.0 Å². The Bertz CT molecular complexity index is 675. The van der Waals surface area contributed by atoms with Gasteiger partial charge in [-0.3, -0.25) is 0 Å². The normalized spacial score (nSPS) is 15.3. The maximum atomic E-state index is 11.5. The molecule has 0 aliphatic carbocycles. The third kappa shape index (κ3) is 2.87. The Kier molecular flexibility index (Phi) is 4.20. The molecule has 0 atom stereocenters. The number of rotatable bonds is 5. The van der Waals surface area contributed by atoms with Gasteiger partial charge in [0.05, 0.1) is 6.54 Å². The van der Waals surface area contributed by atoms with Gasteiger partial charge >= 0.3 is 5.97 Å². The summed E-state index contributed by atoms with van der Waals surface area (Å²) >= 11 is 0. The number of hydrogen-bond donors (Lipinski definition) is 1. The van der Waals surface area contributed by atoms with E-state index in [0.29, 0.717) is 12.2 Å². The molecule has 116 valence electrons. The van der Waals surface area contributed by atoms with Gasteiger partial charge in [0.1, 0.15) is 5.69 Å². The van der Waals surface area contributed by atoms with Gasteiger partial charge in [-0.15, -0.1) is 5.10 Å². The van der Waals surface area contributed by atoms with Crippen LogP contribution in [0.2, 0.25) is 0 Å². The Labute approximate surface area is 129 Å². The van der Waals surface area contributed by atoms with E-state index in [-0.39, 0.29) is 5.69 Å². The van der Waals surface area contributed by atoms with Crippen molar-refractivity contribution in [2.24, 2.45) is 0 Å². The molecule has 1 saturated heterocycles. The molecule has 1 aliphatic heterocycles. The van der Waals surface area contributed by atoms with E-state index in [4.69, 9.17) is 0 Å². The summed E-state index contributed by atoms with van der Waals surface area (Å²) in [5.74, 6) is -1.04. The van der Waals surface area contributed by atoms with Crippen molar-refractivity contribution in [2.75, 3.05) is 19.6 Å². The standard InChI is InChI=1S/C16H20N4O2/c1-12-6-2-3-7-13(12)15-14(16(21)22)17-18-20(15)11-10-19-8-4-5-9-19/h2-3,6-7H,4-5,8-11H2,1H3,(H,21,22). The number of likely N-dealkylation sites (tertiary alicyclic amines) is 1. The second-order valence-electron chi connectivity index (χ2n) is 5.68. The minimum atomic E-state index is -1.04.